The molecule has 2 aliphatic rings. The predicted octanol–water partition coefficient (Wildman–Crippen LogP) is 13.6. The molecule has 0 amide bonds. The van der Waals surface area contributed by atoms with Crippen LogP contribution >= 0.6 is 0 Å². The standard InChI is InChI=1S/C20H18F6.C20H21F3O/c1-11-2-4-12(5-3-11)14-9-17(22)19(18(23)10-14)13-6-7-15(16(21)8-13)20(24,25)26;1-14-2-4-15(5-3-14)16-6-8-17(9-7-16)18-10-12-19(13-11-18)24-20(21,22)23/h6-12H,2-5H2,1H3;6-15H,2-5H2,1H3. The van der Waals surface area contributed by atoms with E-state index in [-0.39, 0.29) is 17.2 Å². The Hall–Kier alpha value is -3.95. The third kappa shape index (κ3) is 9.63. The van der Waals surface area contributed by atoms with E-state index in [0.717, 1.165) is 48.8 Å². The van der Waals surface area contributed by atoms with Gasteiger partial charge in [0.15, 0.2) is 0 Å². The molecule has 0 unspecified atom stereocenters. The van der Waals surface area contributed by atoms with Crippen LogP contribution in [0.25, 0.3) is 22.3 Å². The Morgan fingerprint density at radius 1 is 0.500 bits per heavy atom. The van der Waals surface area contributed by atoms with Crippen molar-refractivity contribution in [3.63, 3.8) is 0 Å². The predicted molar refractivity (Wildman–Crippen MR) is 176 cm³/mol. The third-order valence-corrected chi connectivity index (χ3v) is 9.93. The van der Waals surface area contributed by atoms with Crippen molar-refractivity contribution in [2.24, 2.45) is 11.8 Å². The molecule has 50 heavy (non-hydrogen) atoms. The normalized spacial score (nSPS) is 21.3. The average Bonchev–Trinajstić information content (AvgIpc) is 3.05. The summed E-state index contributed by atoms with van der Waals surface area (Å²) in [5, 5.41) is 0. The van der Waals surface area contributed by atoms with Crippen molar-refractivity contribution in [3.8, 4) is 28.0 Å². The van der Waals surface area contributed by atoms with Crippen LogP contribution in [-0.2, 0) is 6.18 Å². The smallest absolute Gasteiger partial charge is 0.406 e. The average molecular weight is 707 g/mol. The van der Waals surface area contributed by atoms with Crippen LogP contribution in [-0.4, -0.2) is 6.36 Å². The molecule has 4 aromatic carbocycles. The second kappa shape index (κ2) is 15.5. The molecule has 0 spiro atoms. The number of benzene rings is 4. The summed E-state index contributed by atoms with van der Waals surface area (Å²) in [5.41, 5.74) is 1.57. The van der Waals surface area contributed by atoms with Gasteiger partial charge in [0.25, 0.3) is 0 Å². The molecule has 10 heteroatoms. The molecule has 268 valence electrons. The van der Waals surface area contributed by atoms with Crippen molar-refractivity contribution in [1.82, 2.24) is 0 Å². The molecule has 0 N–H and O–H groups in total. The van der Waals surface area contributed by atoms with Gasteiger partial charge in [0.1, 0.15) is 23.2 Å². The van der Waals surface area contributed by atoms with Gasteiger partial charge in [0.2, 0.25) is 0 Å². The highest BCUT2D eigenvalue weighted by molar-refractivity contribution is 5.66. The highest BCUT2D eigenvalue weighted by Crippen LogP contribution is 2.40. The summed E-state index contributed by atoms with van der Waals surface area (Å²) in [6.45, 7) is 4.45. The summed E-state index contributed by atoms with van der Waals surface area (Å²) in [4.78, 5) is 0. The molecule has 2 saturated carbocycles. The Bertz CT molecular complexity index is 1690. The van der Waals surface area contributed by atoms with Crippen molar-refractivity contribution >= 4 is 0 Å². The highest BCUT2D eigenvalue weighted by Gasteiger charge is 2.34. The van der Waals surface area contributed by atoms with E-state index in [1.807, 2.05) is 12.1 Å². The van der Waals surface area contributed by atoms with Gasteiger partial charge < -0.3 is 4.74 Å². The van der Waals surface area contributed by atoms with E-state index in [2.05, 4.69) is 30.7 Å². The number of ether oxygens (including phenoxy) is 1. The van der Waals surface area contributed by atoms with Crippen LogP contribution < -0.4 is 4.74 Å². The minimum absolute atomic E-state index is 0.0635. The summed E-state index contributed by atoms with van der Waals surface area (Å²) >= 11 is 0. The van der Waals surface area contributed by atoms with Crippen LogP contribution in [0.4, 0.5) is 39.5 Å². The van der Waals surface area contributed by atoms with E-state index >= 15 is 0 Å². The zero-order chi connectivity index (χ0) is 36.2. The molecule has 1 nitrogen and oxygen atoms in total. The maximum atomic E-state index is 14.5. The molecule has 6 rings (SSSR count). The fourth-order valence-electron chi connectivity index (χ4n) is 6.99. The quantitative estimate of drug-likeness (QED) is 0.188. The fraction of sp³-hybridized carbons (Fsp3) is 0.400. The molecule has 0 aromatic heterocycles. The molecule has 2 fully saturated rings. The Morgan fingerprint density at radius 2 is 0.940 bits per heavy atom. The lowest BCUT2D eigenvalue weighted by atomic mass is 9.79. The van der Waals surface area contributed by atoms with Gasteiger partial charge in [-0.15, -0.1) is 13.2 Å². The van der Waals surface area contributed by atoms with Crippen molar-refractivity contribution in [2.75, 3.05) is 0 Å². The summed E-state index contributed by atoms with van der Waals surface area (Å²) in [7, 11) is 0. The Balaban J connectivity index is 0.000000195. The van der Waals surface area contributed by atoms with E-state index < -0.39 is 41.1 Å². The number of halogens is 9. The van der Waals surface area contributed by atoms with Gasteiger partial charge in [-0.3, -0.25) is 0 Å². The zero-order valence-electron chi connectivity index (χ0n) is 27.8. The maximum Gasteiger partial charge on any atom is 0.573 e. The van der Waals surface area contributed by atoms with E-state index in [4.69, 9.17) is 0 Å². The lowest BCUT2D eigenvalue weighted by molar-refractivity contribution is -0.274. The van der Waals surface area contributed by atoms with Gasteiger partial charge in [0.05, 0.1) is 11.1 Å². The third-order valence-electron chi connectivity index (χ3n) is 9.93. The molecule has 4 aromatic rings. The lowest BCUT2D eigenvalue weighted by Crippen LogP contribution is -2.16. The van der Waals surface area contributed by atoms with Crippen LogP contribution in [0, 0.1) is 29.3 Å². The largest absolute Gasteiger partial charge is 0.573 e. The molecule has 0 bridgehead atoms. The second-order valence-corrected chi connectivity index (χ2v) is 13.7. The van der Waals surface area contributed by atoms with E-state index in [1.165, 1.54) is 55.5 Å². The van der Waals surface area contributed by atoms with Gasteiger partial charge in [-0.25, -0.2) is 13.2 Å². The van der Waals surface area contributed by atoms with Crippen molar-refractivity contribution < 1.29 is 44.3 Å². The van der Waals surface area contributed by atoms with Crippen LogP contribution in [0.5, 0.6) is 5.75 Å². The number of hydrogen-bond donors (Lipinski definition) is 0. The van der Waals surface area contributed by atoms with Gasteiger partial charge in [0, 0.05) is 0 Å². The first-order valence-electron chi connectivity index (χ1n) is 16.9. The molecule has 0 radical (unpaired) electrons. The Kier molecular flexibility index (Phi) is 11.6. The number of rotatable bonds is 5. The monoisotopic (exact) mass is 706 g/mol. The van der Waals surface area contributed by atoms with Crippen LogP contribution in [0.15, 0.2) is 78.9 Å². The molecule has 0 aliphatic heterocycles. The number of hydrogen-bond acceptors (Lipinski definition) is 1. The molecular weight excluding hydrogens is 667 g/mol. The maximum absolute atomic E-state index is 14.5. The van der Waals surface area contributed by atoms with Crippen molar-refractivity contribution in [3.05, 3.63) is 113 Å². The first-order chi connectivity index (χ1) is 23.6. The van der Waals surface area contributed by atoms with E-state index in [0.29, 0.717) is 29.5 Å². The lowest BCUT2D eigenvalue weighted by Gasteiger charge is -2.26. The summed E-state index contributed by atoms with van der Waals surface area (Å²) in [6, 6.07) is 18.7. The summed E-state index contributed by atoms with van der Waals surface area (Å²) < 4.78 is 121. The minimum Gasteiger partial charge on any atom is -0.406 e. The van der Waals surface area contributed by atoms with Gasteiger partial charge in [-0.05, 0) is 114 Å². The van der Waals surface area contributed by atoms with Crippen LogP contribution in [0.2, 0.25) is 0 Å². The Labute approximate surface area is 286 Å². The number of alkyl halides is 6. The Morgan fingerprint density at radius 3 is 1.38 bits per heavy atom. The first-order valence-corrected chi connectivity index (χ1v) is 16.9. The van der Waals surface area contributed by atoms with Crippen LogP contribution in [0.3, 0.4) is 0 Å². The first kappa shape index (κ1) is 37.3. The molecule has 0 atom stereocenters. The zero-order valence-corrected chi connectivity index (χ0v) is 27.8. The van der Waals surface area contributed by atoms with E-state index in [9.17, 15) is 39.5 Å². The molecule has 0 heterocycles. The van der Waals surface area contributed by atoms with Gasteiger partial charge in [-0.1, -0.05) is 82.0 Å². The fourth-order valence-corrected chi connectivity index (χ4v) is 6.99. The summed E-state index contributed by atoms with van der Waals surface area (Å²) in [6.07, 6.45) is -0.807. The van der Waals surface area contributed by atoms with Gasteiger partial charge >= 0.3 is 12.5 Å². The SMILES string of the molecule is CC1CCC(c2cc(F)c(-c3ccc(C(F)(F)F)c(F)c3)c(F)c2)CC1.CC1CCC(c2ccc(-c3ccc(OC(F)(F)F)cc3)cc2)CC1. The molecular formula is C40H39F9O. The van der Waals surface area contributed by atoms with Crippen molar-refractivity contribution in [2.45, 2.75) is 89.6 Å². The second-order valence-electron chi connectivity index (χ2n) is 13.7. The summed E-state index contributed by atoms with van der Waals surface area (Å²) in [5.74, 6) is -1.41. The highest BCUT2D eigenvalue weighted by atomic mass is 19.4. The minimum atomic E-state index is -4.86. The molecule has 2 aliphatic carbocycles. The topological polar surface area (TPSA) is 9.23 Å². The van der Waals surface area contributed by atoms with Crippen LogP contribution in [0.1, 0.15) is 93.7 Å². The van der Waals surface area contributed by atoms with Crippen molar-refractivity contribution in [1.29, 1.82) is 0 Å². The molecule has 0 saturated heterocycles. The van der Waals surface area contributed by atoms with E-state index in [1.54, 1.807) is 12.1 Å². The van der Waals surface area contributed by atoms with Gasteiger partial charge in [-0.2, -0.15) is 13.2 Å².